The number of guanidine groups is 1. The molecule has 0 aromatic heterocycles. The Morgan fingerprint density at radius 2 is 2.05 bits per heavy atom. The lowest BCUT2D eigenvalue weighted by Crippen LogP contribution is -2.43. The second-order valence-corrected chi connectivity index (χ2v) is 6.22. The molecule has 5 heteroatoms. The van der Waals surface area contributed by atoms with Crippen LogP contribution in [0.5, 0.6) is 0 Å². The third-order valence-electron chi connectivity index (χ3n) is 4.89. The number of nitrogens with one attached hydrogen (secondary N) is 1. The molecule has 1 aromatic rings. The fourth-order valence-electron chi connectivity index (χ4n) is 3.30. The molecule has 0 radical (unpaired) electrons. The van der Waals surface area contributed by atoms with Gasteiger partial charge in [-0.1, -0.05) is 12.1 Å². The van der Waals surface area contributed by atoms with Crippen LogP contribution in [0.1, 0.15) is 43.2 Å². The van der Waals surface area contributed by atoms with Gasteiger partial charge in [0.2, 0.25) is 0 Å². The van der Waals surface area contributed by atoms with Crippen molar-refractivity contribution in [2.75, 3.05) is 19.0 Å². The Labute approximate surface area is 149 Å². The lowest BCUT2D eigenvalue weighted by molar-refractivity contribution is -0.0629. The Kier molecular flexibility index (Phi) is 6.09. The lowest BCUT2D eigenvalue weighted by atomic mass is 9.80. The maximum absolute atomic E-state index is 6.06. The third kappa shape index (κ3) is 3.74. The first-order valence-electron chi connectivity index (χ1n) is 7.95. The van der Waals surface area contributed by atoms with Crippen LogP contribution in [0.3, 0.4) is 0 Å². The Morgan fingerprint density at radius 1 is 1.27 bits per heavy atom. The summed E-state index contributed by atoms with van der Waals surface area (Å²) in [5.41, 5.74) is 9.97. The highest BCUT2D eigenvalue weighted by Crippen LogP contribution is 2.35. The minimum atomic E-state index is -0.0670. The van der Waals surface area contributed by atoms with E-state index in [0.29, 0.717) is 12.5 Å². The van der Waals surface area contributed by atoms with Gasteiger partial charge in [0.15, 0.2) is 5.96 Å². The highest BCUT2D eigenvalue weighted by atomic mass is 127. The summed E-state index contributed by atoms with van der Waals surface area (Å²) >= 11 is 0. The average Bonchev–Trinajstić information content (AvgIpc) is 2.47. The number of ether oxygens (including phenoxy) is 1. The predicted molar refractivity (Wildman–Crippen MR) is 102 cm³/mol. The maximum Gasteiger partial charge on any atom is 0.193 e. The lowest BCUT2D eigenvalue weighted by Gasteiger charge is -2.39. The van der Waals surface area contributed by atoms with Crippen molar-refractivity contribution in [1.82, 2.24) is 0 Å². The largest absolute Gasteiger partial charge is 0.376 e. The zero-order valence-electron chi connectivity index (χ0n) is 13.2. The molecule has 2 aliphatic carbocycles. The number of nitrogens with zero attached hydrogens (tertiary/aromatic N) is 1. The number of aryl methyl sites for hydroxylation is 1. The molecule has 0 atom stereocenters. The Hall–Kier alpha value is -0.820. The second-order valence-electron chi connectivity index (χ2n) is 6.22. The van der Waals surface area contributed by atoms with Crippen LogP contribution < -0.4 is 11.1 Å². The van der Waals surface area contributed by atoms with E-state index < -0.39 is 0 Å². The molecule has 0 heterocycles. The van der Waals surface area contributed by atoms with Gasteiger partial charge in [0, 0.05) is 12.8 Å². The predicted octanol–water partition coefficient (Wildman–Crippen LogP) is 3.48. The van der Waals surface area contributed by atoms with Crippen molar-refractivity contribution in [3.05, 3.63) is 29.3 Å². The number of aliphatic imine (C=N–C) groups is 1. The number of benzene rings is 1. The van der Waals surface area contributed by atoms with E-state index in [9.17, 15) is 0 Å². The minimum absolute atomic E-state index is 0. The number of anilines is 1. The molecule has 122 valence electrons. The molecule has 3 rings (SSSR count). The summed E-state index contributed by atoms with van der Waals surface area (Å²) in [5.74, 6) is 0.497. The van der Waals surface area contributed by atoms with E-state index in [1.54, 1.807) is 7.11 Å². The molecule has 0 spiro atoms. The van der Waals surface area contributed by atoms with Gasteiger partial charge in [0.25, 0.3) is 0 Å². The second kappa shape index (κ2) is 7.64. The van der Waals surface area contributed by atoms with Gasteiger partial charge in [-0.05, 0) is 62.1 Å². The topological polar surface area (TPSA) is 59.6 Å². The molecule has 3 N–H and O–H groups in total. The van der Waals surface area contributed by atoms with Crippen molar-refractivity contribution >= 4 is 35.6 Å². The van der Waals surface area contributed by atoms with E-state index in [4.69, 9.17) is 10.5 Å². The number of halogens is 1. The highest BCUT2D eigenvalue weighted by Gasteiger charge is 2.36. The molecule has 1 fully saturated rings. The van der Waals surface area contributed by atoms with Gasteiger partial charge >= 0.3 is 0 Å². The van der Waals surface area contributed by atoms with E-state index in [-0.39, 0.29) is 29.6 Å². The summed E-state index contributed by atoms with van der Waals surface area (Å²) in [7, 11) is 1.77. The quantitative estimate of drug-likeness (QED) is 0.450. The molecular formula is C17H26IN3O. The number of nitrogens with two attached hydrogens (primary N) is 1. The first kappa shape index (κ1) is 17.5. The first-order chi connectivity index (χ1) is 10.2. The monoisotopic (exact) mass is 415 g/mol. The molecule has 0 aliphatic heterocycles. The van der Waals surface area contributed by atoms with Crippen molar-refractivity contribution in [3.8, 4) is 0 Å². The molecule has 0 amide bonds. The van der Waals surface area contributed by atoms with Gasteiger partial charge in [-0.25, -0.2) is 0 Å². The number of rotatable bonds is 4. The molecule has 0 bridgehead atoms. The van der Waals surface area contributed by atoms with Crippen LogP contribution in [0.2, 0.25) is 0 Å². The highest BCUT2D eigenvalue weighted by molar-refractivity contribution is 14.0. The number of methoxy groups -OCH3 is 1. The van der Waals surface area contributed by atoms with E-state index >= 15 is 0 Å². The van der Waals surface area contributed by atoms with Crippen molar-refractivity contribution in [2.24, 2.45) is 10.7 Å². The van der Waals surface area contributed by atoms with Gasteiger partial charge < -0.3 is 15.8 Å². The van der Waals surface area contributed by atoms with Gasteiger partial charge in [-0.15, -0.1) is 24.0 Å². The fraction of sp³-hybridized carbons (Fsp3) is 0.588. The Morgan fingerprint density at radius 3 is 2.73 bits per heavy atom. The molecule has 0 saturated heterocycles. The molecule has 2 aliphatic rings. The number of hydrogen-bond donors (Lipinski definition) is 2. The van der Waals surface area contributed by atoms with Crippen molar-refractivity contribution in [3.63, 3.8) is 0 Å². The van der Waals surface area contributed by atoms with Gasteiger partial charge in [0.1, 0.15) is 0 Å². The molecule has 1 saturated carbocycles. The first-order valence-corrected chi connectivity index (χ1v) is 7.95. The zero-order valence-corrected chi connectivity index (χ0v) is 15.6. The summed E-state index contributed by atoms with van der Waals surface area (Å²) in [4.78, 5) is 4.49. The zero-order chi connectivity index (χ0) is 14.7. The Balaban J connectivity index is 0.00000176. The van der Waals surface area contributed by atoms with Crippen LogP contribution in [-0.4, -0.2) is 25.2 Å². The standard InChI is InChI=1S/C17H25N3O.HI/c1-21-17(10-5-11-17)12-19-16(18)20-15-9-4-7-13-6-2-3-8-14(13)15;/h4,7,9H,2-3,5-6,8,10-12H2,1H3,(H3,18,19,20);1H. The van der Waals surface area contributed by atoms with Gasteiger partial charge in [-0.3, -0.25) is 4.99 Å². The molecule has 0 unspecified atom stereocenters. The number of fused-ring (bicyclic) bond motifs is 1. The van der Waals surface area contributed by atoms with E-state index in [1.165, 1.54) is 36.8 Å². The van der Waals surface area contributed by atoms with Crippen molar-refractivity contribution in [1.29, 1.82) is 0 Å². The van der Waals surface area contributed by atoms with Crippen molar-refractivity contribution in [2.45, 2.75) is 50.5 Å². The van der Waals surface area contributed by atoms with E-state index in [2.05, 4.69) is 28.5 Å². The summed E-state index contributed by atoms with van der Waals surface area (Å²) in [6.45, 7) is 0.650. The van der Waals surface area contributed by atoms with Crippen LogP contribution in [0.25, 0.3) is 0 Å². The maximum atomic E-state index is 6.06. The van der Waals surface area contributed by atoms with E-state index in [0.717, 1.165) is 24.9 Å². The average molecular weight is 415 g/mol. The number of hydrogen-bond acceptors (Lipinski definition) is 2. The fourth-order valence-corrected chi connectivity index (χ4v) is 3.30. The summed E-state index contributed by atoms with van der Waals surface area (Å²) in [6.07, 6.45) is 8.25. The molecular weight excluding hydrogens is 389 g/mol. The van der Waals surface area contributed by atoms with Crippen LogP contribution in [-0.2, 0) is 17.6 Å². The van der Waals surface area contributed by atoms with Crippen LogP contribution in [0.4, 0.5) is 5.69 Å². The van der Waals surface area contributed by atoms with Crippen LogP contribution in [0, 0.1) is 0 Å². The normalized spacial score (nSPS) is 19.6. The third-order valence-corrected chi connectivity index (χ3v) is 4.89. The van der Waals surface area contributed by atoms with Crippen molar-refractivity contribution < 1.29 is 4.74 Å². The van der Waals surface area contributed by atoms with Crippen LogP contribution in [0.15, 0.2) is 23.2 Å². The van der Waals surface area contributed by atoms with Gasteiger partial charge in [0.05, 0.1) is 12.1 Å². The SMILES string of the molecule is COC1(CN=C(N)Nc2cccc3c2CCCC3)CCC1.I. The molecule has 22 heavy (non-hydrogen) atoms. The minimum Gasteiger partial charge on any atom is -0.376 e. The van der Waals surface area contributed by atoms with Crippen LogP contribution >= 0.6 is 24.0 Å². The van der Waals surface area contributed by atoms with Gasteiger partial charge in [-0.2, -0.15) is 0 Å². The smallest absolute Gasteiger partial charge is 0.193 e. The summed E-state index contributed by atoms with van der Waals surface area (Å²) < 4.78 is 5.57. The molecule has 1 aromatic carbocycles. The summed E-state index contributed by atoms with van der Waals surface area (Å²) in [6, 6.07) is 6.42. The Bertz CT molecular complexity index is 535. The summed E-state index contributed by atoms with van der Waals surface area (Å²) in [5, 5.41) is 3.29. The molecule has 4 nitrogen and oxygen atoms in total. The van der Waals surface area contributed by atoms with E-state index in [1.807, 2.05) is 0 Å².